The average molecular weight is 204 g/mol. The summed E-state index contributed by atoms with van der Waals surface area (Å²) in [5.41, 5.74) is 1.22. The number of hydrogen-bond acceptors (Lipinski definition) is 2. The lowest BCUT2D eigenvalue weighted by molar-refractivity contribution is 0.340. The molecular weight excluding hydrogens is 184 g/mol. The number of anilines is 1. The fourth-order valence-electron chi connectivity index (χ4n) is 1.80. The fourth-order valence-corrected chi connectivity index (χ4v) is 1.80. The van der Waals surface area contributed by atoms with Crippen LogP contribution < -0.4 is 10.6 Å². The van der Waals surface area contributed by atoms with E-state index in [1.54, 1.807) is 0 Å². The Labute approximate surface area is 92.1 Å². The first-order chi connectivity index (χ1) is 7.45. The van der Waals surface area contributed by atoms with E-state index in [4.69, 9.17) is 0 Å². The van der Waals surface area contributed by atoms with Gasteiger partial charge in [-0.15, -0.1) is 0 Å². The van der Waals surface area contributed by atoms with Gasteiger partial charge < -0.3 is 10.6 Å². The standard InChI is InChI=1S/C13H20N2/c1-2-6-12(7-3-1)14-10-5-11-15-13-8-4-9-13/h1-3,6-7,13-15H,4-5,8-11H2. The lowest BCUT2D eigenvalue weighted by atomic mass is 9.93. The molecule has 15 heavy (non-hydrogen) atoms. The summed E-state index contributed by atoms with van der Waals surface area (Å²) in [7, 11) is 0. The van der Waals surface area contributed by atoms with Gasteiger partial charge in [-0.25, -0.2) is 0 Å². The first-order valence-corrected chi connectivity index (χ1v) is 5.97. The van der Waals surface area contributed by atoms with Gasteiger partial charge in [0.15, 0.2) is 0 Å². The van der Waals surface area contributed by atoms with Crippen LogP contribution in [-0.4, -0.2) is 19.1 Å². The number of para-hydroxylation sites is 1. The molecule has 1 aliphatic carbocycles. The van der Waals surface area contributed by atoms with E-state index in [0.717, 1.165) is 19.1 Å². The van der Waals surface area contributed by atoms with Crippen molar-refractivity contribution in [1.82, 2.24) is 5.32 Å². The lowest BCUT2D eigenvalue weighted by Gasteiger charge is -2.26. The van der Waals surface area contributed by atoms with Crippen LogP contribution in [0.4, 0.5) is 5.69 Å². The Kier molecular flexibility index (Phi) is 4.03. The Morgan fingerprint density at radius 2 is 1.87 bits per heavy atom. The molecule has 1 aliphatic rings. The second-order valence-electron chi connectivity index (χ2n) is 4.23. The summed E-state index contributed by atoms with van der Waals surface area (Å²) in [5, 5.41) is 6.98. The van der Waals surface area contributed by atoms with Gasteiger partial charge in [0.1, 0.15) is 0 Å². The molecule has 0 heterocycles. The molecule has 2 nitrogen and oxygen atoms in total. The first kappa shape index (κ1) is 10.5. The summed E-state index contributed by atoms with van der Waals surface area (Å²) in [6.45, 7) is 2.20. The molecule has 2 heteroatoms. The van der Waals surface area contributed by atoms with Crippen molar-refractivity contribution >= 4 is 5.69 Å². The van der Waals surface area contributed by atoms with Gasteiger partial charge in [-0.2, -0.15) is 0 Å². The van der Waals surface area contributed by atoms with Crippen molar-refractivity contribution in [3.63, 3.8) is 0 Å². The van der Waals surface area contributed by atoms with E-state index in [2.05, 4.69) is 34.9 Å². The highest BCUT2D eigenvalue weighted by Crippen LogP contribution is 2.17. The van der Waals surface area contributed by atoms with Crippen molar-refractivity contribution in [3.05, 3.63) is 30.3 Å². The monoisotopic (exact) mass is 204 g/mol. The van der Waals surface area contributed by atoms with Crippen LogP contribution in [0.1, 0.15) is 25.7 Å². The summed E-state index contributed by atoms with van der Waals surface area (Å²) < 4.78 is 0. The van der Waals surface area contributed by atoms with E-state index in [1.807, 2.05) is 6.07 Å². The van der Waals surface area contributed by atoms with Crippen LogP contribution in [0.3, 0.4) is 0 Å². The molecule has 82 valence electrons. The van der Waals surface area contributed by atoms with E-state index in [-0.39, 0.29) is 0 Å². The molecule has 0 aromatic heterocycles. The number of benzene rings is 1. The van der Waals surface area contributed by atoms with Crippen molar-refractivity contribution in [2.45, 2.75) is 31.7 Å². The van der Waals surface area contributed by atoms with Crippen molar-refractivity contribution in [3.8, 4) is 0 Å². The summed E-state index contributed by atoms with van der Waals surface area (Å²) in [5.74, 6) is 0. The largest absolute Gasteiger partial charge is 0.385 e. The van der Waals surface area contributed by atoms with Crippen molar-refractivity contribution in [2.75, 3.05) is 18.4 Å². The predicted octanol–water partition coefficient (Wildman–Crippen LogP) is 2.63. The first-order valence-electron chi connectivity index (χ1n) is 5.97. The summed E-state index contributed by atoms with van der Waals surface area (Å²) in [6, 6.07) is 11.2. The highest BCUT2D eigenvalue weighted by Gasteiger charge is 2.15. The molecule has 0 saturated heterocycles. The maximum absolute atomic E-state index is 3.57. The van der Waals surface area contributed by atoms with E-state index in [9.17, 15) is 0 Å². The maximum Gasteiger partial charge on any atom is 0.0340 e. The summed E-state index contributed by atoms with van der Waals surface area (Å²) in [4.78, 5) is 0. The molecule has 1 aromatic rings. The van der Waals surface area contributed by atoms with Crippen molar-refractivity contribution < 1.29 is 0 Å². The third kappa shape index (κ3) is 3.56. The van der Waals surface area contributed by atoms with Crippen LogP contribution >= 0.6 is 0 Å². The van der Waals surface area contributed by atoms with Crippen molar-refractivity contribution in [2.24, 2.45) is 0 Å². The zero-order valence-electron chi connectivity index (χ0n) is 9.21. The third-order valence-corrected chi connectivity index (χ3v) is 2.99. The van der Waals surface area contributed by atoms with Gasteiger partial charge in [0.25, 0.3) is 0 Å². The van der Waals surface area contributed by atoms with E-state index in [0.29, 0.717) is 0 Å². The zero-order valence-corrected chi connectivity index (χ0v) is 9.21. The predicted molar refractivity (Wildman–Crippen MR) is 65.2 cm³/mol. The van der Waals surface area contributed by atoms with Gasteiger partial charge in [-0.05, 0) is 37.9 Å². The van der Waals surface area contributed by atoms with Gasteiger partial charge in [0.2, 0.25) is 0 Å². The fraction of sp³-hybridized carbons (Fsp3) is 0.538. The van der Waals surface area contributed by atoms with E-state index in [1.165, 1.54) is 31.4 Å². The molecule has 0 radical (unpaired) electrons. The average Bonchev–Trinajstić information content (AvgIpc) is 2.22. The normalized spacial score (nSPS) is 16.0. The number of nitrogens with one attached hydrogen (secondary N) is 2. The summed E-state index contributed by atoms with van der Waals surface area (Å²) in [6.07, 6.45) is 5.38. The molecule has 1 aromatic carbocycles. The van der Waals surface area contributed by atoms with Crippen LogP contribution in [0.15, 0.2) is 30.3 Å². The van der Waals surface area contributed by atoms with E-state index >= 15 is 0 Å². The highest BCUT2D eigenvalue weighted by atomic mass is 14.9. The molecule has 0 bridgehead atoms. The molecule has 1 saturated carbocycles. The smallest absolute Gasteiger partial charge is 0.0340 e. The number of rotatable bonds is 6. The molecule has 0 amide bonds. The van der Waals surface area contributed by atoms with Crippen LogP contribution in [-0.2, 0) is 0 Å². The number of hydrogen-bond donors (Lipinski definition) is 2. The maximum atomic E-state index is 3.57. The van der Waals surface area contributed by atoms with Crippen LogP contribution in [0.5, 0.6) is 0 Å². The van der Waals surface area contributed by atoms with Gasteiger partial charge in [-0.3, -0.25) is 0 Å². The summed E-state index contributed by atoms with van der Waals surface area (Å²) >= 11 is 0. The Hall–Kier alpha value is -1.02. The minimum atomic E-state index is 0.821. The Balaban J connectivity index is 1.51. The van der Waals surface area contributed by atoms with Crippen LogP contribution in [0, 0.1) is 0 Å². The zero-order chi connectivity index (χ0) is 10.3. The molecular formula is C13H20N2. The molecule has 0 atom stereocenters. The molecule has 0 unspecified atom stereocenters. The molecule has 2 rings (SSSR count). The lowest BCUT2D eigenvalue weighted by Crippen LogP contribution is -2.36. The van der Waals surface area contributed by atoms with Gasteiger partial charge >= 0.3 is 0 Å². The Morgan fingerprint density at radius 3 is 2.53 bits per heavy atom. The second kappa shape index (κ2) is 5.76. The molecule has 1 fully saturated rings. The van der Waals surface area contributed by atoms with Gasteiger partial charge in [-0.1, -0.05) is 24.6 Å². The Morgan fingerprint density at radius 1 is 1.07 bits per heavy atom. The van der Waals surface area contributed by atoms with Crippen molar-refractivity contribution in [1.29, 1.82) is 0 Å². The van der Waals surface area contributed by atoms with Crippen LogP contribution in [0.2, 0.25) is 0 Å². The minimum Gasteiger partial charge on any atom is -0.385 e. The SMILES string of the molecule is c1ccc(NCCCNC2CCC2)cc1. The molecule has 0 aliphatic heterocycles. The quantitative estimate of drug-likeness (QED) is 0.696. The molecule has 0 spiro atoms. The molecule has 2 N–H and O–H groups in total. The van der Waals surface area contributed by atoms with E-state index < -0.39 is 0 Å². The Bertz CT molecular complexity index is 267. The minimum absolute atomic E-state index is 0.821. The van der Waals surface area contributed by atoms with Gasteiger partial charge in [0, 0.05) is 18.3 Å². The highest BCUT2D eigenvalue weighted by molar-refractivity contribution is 5.42. The second-order valence-corrected chi connectivity index (χ2v) is 4.23. The van der Waals surface area contributed by atoms with Gasteiger partial charge in [0.05, 0.1) is 0 Å². The third-order valence-electron chi connectivity index (χ3n) is 2.99. The van der Waals surface area contributed by atoms with Crippen LogP contribution in [0.25, 0.3) is 0 Å². The topological polar surface area (TPSA) is 24.1 Å².